The van der Waals surface area contributed by atoms with Gasteiger partial charge in [-0.2, -0.15) is 5.26 Å². The summed E-state index contributed by atoms with van der Waals surface area (Å²) in [6, 6.07) is 10.9. The molecule has 27 heavy (non-hydrogen) atoms. The van der Waals surface area contributed by atoms with Crippen LogP contribution < -0.4 is 10.5 Å². The van der Waals surface area contributed by atoms with Gasteiger partial charge in [0.1, 0.15) is 16.1 Å². The van der Waals surface area contributed by atoms with E-state index in [0.717, 1.165) is 40.2 Å². The van der Waals surface area contributed by atoms with Crippen LogP contribution in [0.4, 0.5) is 5.69 Å². The minimum absolute atomic E-state index is 0.0418. The lowest BCUT2D eigenvalue weighted by Gasteiger charge is -2.44. The van der Waals surface area contributed by atoms with Crippen LogP contribution in [0.2, 0.25) is 0 Å². The Kier molecular flexibility index (Phi) is 3.47. The van der Waals surface area contributed by atoms with Gasteiger partial charge in [-0.1, -0.05) is 18.2 Å². The number of aromatic amines is 1. The van der Waals surface area contributed by atoms with E-state index in [1.165, 1.54) is 17.0 Å². The number of aromatic nitrogens is 2. The van der Waals surface area contributed by atoms with Crippen LogP contribution in [0.1, 0.15) is 34.7 Å². The van der Waals surface area contributed by atoms with Crippen LogP contribution in [0.5, 0.6) is 0 Å². The molecule has 5 nitrogen and oxygen atoms in total. The van der Waals surface area contributed by atoms with Gasteiger partial charge in [-0.3, -0.25) is 4.79 Å². The van der Waals surface area contributed by atoms with Gasteiger partial charge < -0.3 is 9.88 Å². The molecule has 1 saturated heterocycles. The number of hydrogen-bond acceptors (Lipinski definition) is 5. The number of para-hydroxylation sites is 1. The number of aryl methyl sites for hydroxylation is 2. The van der Waals surface area contributed by atoms with Gasteiger partial charge in [-0.05, 0) is 43.9 Å². The summed E-state index contributed by atoms with van der Waals surface area (Å²) in [5, 5.41) is 11.0. The highest BCUT2D eigenvalue weighted by Gasteiger charge is 2.51. The summed E-state index contributed by atoms with van der Waals surface area (Å²) in [5.41, 5.74) is 2.40. The summed E-state index contributed by atoms with van der Waals surface area (Å²) in [7, 11) is 0. The molecule has 2 aromatic heterocycles. The average molecular weight is 376 g/mol. The van der Waals surface area contributed by atoms with Gasteiger partial charge in [0.05, 0.1) is 17.5 Å². The molecule has 6 heteroatoms. The number of anilines is 1. The minimum Gasteiger partial charge on any atom is -0.366 e. The molecule has 0 radical (unpaired) electrons. The number of thiophene rings is 1. The van der Waals surface area contributed by atoms with E-state index in [4.69, 9.17) is 4.98 Å². The molecular formula is C21H20N4OS. The van der Waals surface area contributed by atoms with Gasteiger partial charge in [-0.25, -0.2) is 4.98 Å². The smallest absolute Gasteiger partial charge is 0.259 e. The second-order valence-corrected chi connectivity index (χ2v) is 8.82. The lowest BCUT2D eigenvalue weighted by atomic mass is 9.71. The van der Waals surface area contributed by atoms with Crippen molar-refractivity contribution < 1.29 is 0 Å². The number of nitrogens with one attached hydrogen (secondary N) is 1. The van der Waals surface area contributed by atoms with Crippen LogP contribution in [-0.4, -0.2) is 22.6 Å². The number of hydrogen-bond donors (Lipinski definition) is 1. The maximum Gasteiger partial charge on any atom is 0.259 e. The van der Waals surface area contributed by atoms with E-state index < -0.39 is 5.41 Å². The Bertz CT molecular complexity index is 1170. The SMILES string of the molecule is Cc1sc2nc(C3(C#N)Cc4ccccc4N4CCCC43)[nH]c(=O)c2c1C. The molecule has 1 aromatic carbocycles. The number of rotatable bonds is 1. The maximum absolute atomic E-state index is 12.9. The zero-order chi connectivity index (χ0) is 18.8. The number of nitriles is 1. The van der Waals surface area contributed by atoms with Crippen LogP contribution in [-0.2, 0) is 11.8 Å². The third-order valence-electron chi connectivity index (χ3n) is 6.25. The van der Waals surface area contributed by atoms with Gasteiger partial charge >= 0.3 is 0 Å². The molecule has 1 fully saturated rings. The first-order chi connectivity index (χ1) is 13.0. The van der Waals surface area contributed by atoms with E-state index in [-0.39, 0.29) is 11.6 Å². The van der Waals surface area contributed by atoms with E-state index in [9.17, 15) is 10.1 Å². The third kappa shape index (κ3) is 2.15. The molecule has 5 rings (SSSR count). The van der Waals surface area contributed by atoms with Crippen molar-refractivity contribution in [2.75, 3.05) is 11.4 Å². The molecule has 0 bridgehead atoms. The molecule has 136 valence electrons. The first kappa shape index (κ1) is 16.5. The molecule has 0 aliphatic carbocycles. The summed E-state index contributed by atoms with van der Waals surface area (Å²) in [5.74, 6) is 0.523. The molecule has 2 aliphatic heterocycles. The Hall–Kier alpha value is -2.65. The number of fused-ring (bicyclic) bond motifs is 4. The molecule has 4 heterocycles. The molecule has 2 unspecified atom stereocenters. The lowest BCUT2D eigenvalue weighted by Crippen LogP contribution is -2.53. The molecule has 0 spiro atoms. The monoisotopic (exact) mass is 376 g/mol. The van der Waals surface area contributed by atoms with Crippen molar-refractivity contribution in [2.24, 2.45) is 0 Å². The molecule has 1 N–H and O–H groups in total. The van der Waals surface area contributed by atoms with Crippen LogP contribution in [0.15, 0.2) is 29.1 Å². The van der Waals surface area contributed by atoms with Gasteiger partial charge in [-0.15, -0.1) is 11.3 Å². The van der Waals surface area contributed by atoms with Crippen molar-refractivity contribution in [2.45, 2.75) is 44.6 Å². The van der Waals surface area contributed by atoms with Crippen molar-refractivity contribution in [1.82, 2.24) is 9.97 Å². The summed E-state index contributed by atoms with van der Waals surface area (Å²) in [6.45, 7) is 4.91. The summed E-state index contributed by atoms with van der Waals surface area (Å²) < 4.78 is 0. The molecular weight excluding hydrogens is 356 g/mol. The second kappa shape index (κ2) is 5.67. The Morgan fingerprint density at radius 3 is 3.00 bits per heavy atom. The van der Waals surface area contributed by atoms with Crippen LogP contribution >= 0.6 is 11.3 Å². The first-order valence-electron chi connectivity index (χ1n) is 9.31. The molecule has 0 saturated carbocycles. The predicted octanol–water partition coefficient (Wildman–Crippen LogP) is 3.59. The fourth-order valence-corrected chi connectivity index (χ4v) is 5.83. The van der Waals surface area contributed by atoms with Crippen molar-refractivity contribution in [3.63, 3.8) is 0 Å². The van der Waals surface area contributed by atoms with Crippen molar-refractivity contribution in [1.29, 1.82) is 5.26 Å². The summed E-state index contributed by atoms with van der Waals surface area (Å²) in [6.07, 6.45) is 2.57. The molecule has 2 aliphatic rings. The fourth-order valence-electron chi connectivity index (χ4n) is 4.80. The number of nitrogens with zero attached hydrogens (tertiary/aromatic N) is 3. The van der Waals surface area contributed by atoms with Crippen molar-refractivity contribution in [3.8, 4) is 6.07 Å². The average Bonchev–Trinajstić information content (AvgIpc) is 3.27. The Morgan fingerprint density at radius 2 is 2.19 bits per heavy atom. The van der Waals surface area contributed by atoms with E-state index in [1.807, 2.05) is 19.9 Å². The third-order valence-corrected chi connectivity index (χ3v) is 7.35. The summed E-state index contributed by atoms with van der Waals surface area (Å²) in [4.78, 5) is 24.9. The first-order valence-corrected chi connectivity index (χ1v) is 10.1. The quantitative estimate of drug-likeness (QED) is 0.704. The molecule has 0 amide bonds. The second-order valence-electron chi connectivity index (χ2n) is 7.62. The topological polar surface area (TPSA) is 72.8 Å². The maximum atomic E-state index is 12.9. The lowest BCUT2D eigenvalue weighted by molar-refractivity contribution is 0.390. The van der Waals surface area contributed by atoms with Crippen LogP contribution in [0.3, 0.4) is 0 Å². The van der Waals surface area contributed by atoms with Gasteiger partial charge in [0.15, 0.2) is 0 Å². The fraction of sp³-hybridized carbons (Fsp3) is 0.381. The van der Waals surface area contributed by atoms with Crippen molar-refractivity contribution >= 4 is 27.2 Å². The highest BCUT2D eigenvalue weighted by atomic mass is 32.1. The number of H-pyrrole nitrogens is 1. The summed E-state index contributed by atoms with van der Waals surface area (Å²) >= 11 is 1.54. The van der Waals surface area contributed by atoms with E-state index in [1.54, 1.807) is 0 Å². The zero-order valence-electron chi connectivity index (χ0n) is 15.4. The van der Waals surface area contributed by atoms with Crippen LogP contribution in [0, 0.1) is 25.2 Å². The number of benzene rings is 1. The van der Waals surface area contributed by atoms with Crippen molar-refractivity contribution in [3.05, 3.63) is 56.4 Å². The highest BCUT2D eigenvalue weighted by Crippen LogP contribution is 2.46. The Labute approximate surface area is 161 Å². The highest BCUT2D eigenvalue weighted by molar-refractivity contribution is 7.18. The van der Waals surface area contributed by atoms with E-state index >= 15 is 0 Å². The van der Waals surface area contributed by atoms with E-state index in [2.05, 4.69) is 34.2 Å². The predicted molar refractivity (Wildman–Crippen MR) is 108 cm³/mol. The minimum atomic E-state index is -0.829. The largest absolute Gasteiger partial charge is 0.366 e. The van der Waals surface area contributed by atoms with Gasteiger partial charge in [0, 0.05) is 23.5 Å². The standard InChI is InChI=1S/C21H20N4OS/c1-12-13(2)27-19-17(12)18(26)23-20(24-19)21(11-22)10-14-6-3-4-7-15(14)25-9-5-8-16(21)25/h3-4,6-7,16H,5,8-10H2,1-2H3,(H,23,24,26). The molecule has 2 atom stereocenters. The van der Waals surface area contributed by atoms with Gasteiger partial charge in [0.2, 0.25) is 0 Å². The van der Waals surface area contributed by atoms with Crippen LogP contribution in [0.25, 0.3) is 10.2 Å². The normalized spacial score (nSPS) is 23.9. The van der Waals surface area contributed by atoms with Gasteiger partial charge in [0.25, 0.3) is 5.56 Å². The Balaban J connectivity index is 1.77. The zero-order valence-corrected chi connectivity index (χ0v) is 16.2. The van der Waals surface area contributed by atoms with E-state index in [0.29, 0.717) is 17.6 Å². The Morgan fingerprint density at radius 1 is 1.37 bits per heavy atom. The molecule has 3 aromatic rings.